The summed E-state index contributed by atoms with van der Waals surface area (Å²) in [7, 11) is 1.63. The quantitative estimate of drug-likeness (QED) is 0.894. The van der Waals surface area contributed by atoms with Gasteiger partial charge in [-0.25, -0.2) is 0 Å². The summed E-state index contributed by atoms with van der Waals surface area (Å²) in [6, 6.07) is 7.50. The van der Waals surface area contributed by atoms with E-state index < -0.39 is 0 Å². The monoisotopic (exact) mass is 247 g/mol. The summed E-state index contributed by atoms with van der Waals surface area (Å²) in [6.45, 7) is 3.84. The molecular formula is C13H17N3O2. The minimum atomic E-state index is -0.357. The molecule has 0 aliphatic heterocycles. The van der Waals surface area contributed by atoms with Gasteiger partial charge in [0, 0.05) is 17.5 Å². The summed E-state index contributed by atoms with van der Waals surface area (Å²) in [5.41, 5.74) is 6.44. The van der Waals surface area contributed by atoms with Crippen LogP contribution in [0.5, 0.6) is 5.75 Å². The number of methoxy groups -OCH3 is 1. The Morgan fingerprint density at radius 1 is 1.28 bits per heavy atom. The van der Waals surface area contributed by atoms with Gasteiger partial charge in [-0.15, -0.1) is 0 Å². The number of nitrogens with two attached hydrogens (primary N) is 1. The Morgan fingerprint density at radius 2 is 1.94 bits per heavy atom. The fourth-order valence-corrected chi connectivity index (χ4v) is 1.57. The largest absolute Gasteiger partial charge is 0.497 e. The number of hydrogen-bond acceptors (Lipinski definition) is 5. The predicted octanol–water partition coefficient (Wildman–Crippen LogP) is 2.03. The minimum Gasteiger partial charge on any atom is -0.497 e. The predicted molar refractivity (Wildman–Crippen MR) is 68.3 cm³/mol. The molecule has 1 aromatic carbocycles. The van der Waals surface area contributed by atoms with E-state index in [1.807, 2.05) is 38.1 Å². The van der Waals surface area contributed by atoms with E-state index in [1.165, 1.54) is 0 Å². The van der Waals surface area contributed by atoms with Crippen LogP contribution in [0.1, 0.15) is 19.7 Å². The fourth-order valence-electron chi connectivity index (χ4n) is 1.57. The Morgan fingerprint density at radius 3 is 2.50 bits per heavy atom. The van der Waals surface area contributed by atoms with E-state index in [4.69, 9.17) is 15.0 Å². The van der Waals surface area contributed by atoms with Crippen molar-refractivity contribution in [3.05, 3.63) is 30.2 Å². The maximum atomic E-state index is 5.91. The number of benzene rings is 1. The first-order chi connectivity index (χ1) is 8.48. The molecule has 0 atom stereocenters. The van der Waals surface area contributed by atoms with Crippen LogP contribution in [0.3, 0.4) is 0 Å². The average Bonchev–Trinajstić information content (AvgIpc) is 2.75. The van der Waals surface area contributed by atoms with Gasteiger partial charge in [0.2, 0.25) is 11.7 Å². The van der Waals surface area contributed by atoms with Crippen LogP contribution in [0.25, 0.3) is 11.4 Å². The van der Waals surface area contributed by atoms with E-state index >= 15 is 0 Å². The van der Waals surface area contributed by atoms with Crippen molar-refractivity contribution >= 4 is 0 Å². The van der Waals surface area contributed by atoms with Gasteiger partial charge in [0.1, 0.15) is 5.75 Å². The highest BCUT2D eigenvalue weighted by molar-refractivity contribution is 5.55. The molecule has 0 radical (unpaired) electrons. The molecule has 0 saturated carbocycles. The normalized spacial score (nSPS) is 11.6. The number of rotatable bonds is 4. The van der Waals surface area contributed by atoms with Crippen LogP contribution in [0, 0.1) is 0 Å². The van der Waals surface area contributed by atoms with Crippen LogP contribution in [0.4, 0.5) is 0 Å². The Labute approximate surface area is 106 Å². The molecule has 5 heteroatoms. The lowest BCUT2D eigenvalue weighted by Gasteiger charge is -2.14. The third-order valence-corrected chi connectivity index (χ3v) is 2.42. The van der Waals surface area contributed by atoms with Crippen molar-refractivity contribution in [2.45, 2.75) is 25.8 Å². The van der Waals surface area contributed by atoms with Crippen molar-refractivity contribution in [1.82, 2.24) is 10.1 Å². The Hall–Kier alpha value is -1.88. The van der Waals surface area contributed by atoms with E-state index in [2.05, 4.69) is 10.1 Å². The zero-order valence-electron chi connectivity index (χ0n) is 10.8. The lowest BCUT2D eigenvalue weighted by Crippen LogP contribution is -2.34. The molecule has 1 heterocycles. The van der Waals surface area contributed by atoms with Crippen molar-refractivity contribution in [1.29, 1.82) is 0 Å². The first kappa shape index (κ1) is 12.6. The molecule has 2 N–H and O–H groups in total. The number of aromatic nitrogens is 2. The lowest BCUT2D eigenvalue weighted by atomic mass is 10.0. The average molecular weight is 247 g/mol. The van der Waals surface area contributed by atoms with E-state index in [-0.39, 0.29) is 5.54 Å². The molecule has 1 aromatic heterocycles. The molecule has 5 nitrogen and oxygen atoms in total. The van der Waals surface area contributed by atoms with Crippen molar-refractivity contribution in [2.24, 2.45) is 5.73 Å². The Bertz CT molecular complexity index is 512. The van der Waals surface area contributed by atoms with Crippen molar-refractivity contribution in [3.63, 3.8) is 0 Å². The second-order valence-electron chi connectivity index (χ2n) is 4.91. The summed E-state index contributed by atoms with van der Waals surface area (Å²) < 4.78 is 10.3. The van der Waals surface area contributed by atoms with Gasteiger partial charge in [-0.05, 0) is 38.1 Å². The molecule has 2 rings (SSSR count). The van der Waals surface area contributed by atoms with Crippen molar-refractivity contribution < 1.29 is 9.26 Å². The second kappa shape index (κ2) is 4.78. The lowest BCUT2D eigenvalue weighted by molar-refractivity contribution is 0.348. The van der Waals surface area contributed by atoms with Gasteiger partial charge < -0.3 is 15.0 Å². The van der Waals surface area contributed by atoms with E-state index in [0.29, 0.717) is 18.1 Å². The number of ether oxygens (including phenoxy) is 1. The van der Waals surface area contributed by atoms with Gasteiger partial charge in [0.25, 0.3) is 0 Å². The van der Waals surface area contributed by atoms with Crippen LogP contribution >= 0.6 is 0 Å². The summed E-state index contributed by atoms with van der Waals surface area (Å²) in [4.78, 5) is 4.32. The summed E-state index contributed by atoms with van der Waals surface area (Å²) in [5.74, 6) is 1.91. The zero-order valence-corrected chi connectivity index (χ0v) is 10.8. The molecule has 0 bridgehead atoms. The molecule has 0 spiro atoms. The smallest absolute Gasteiger partial charge is 0.228 e. The molecule has 2 aromatic rings. The third kappa shape index (κ3) is 3.07. The topological polar surface area (TPSA) is 74.2 Å². The molecule has 18 heavy (non-hydrogen) atoms. The second-order valence-corrected chi connectivity index (χ2v) is 4.91. The highest BCUT2D eigenvalue weighted by atomic mass is 16.5. The number of nitrogens with zero attached hydrogens (tertiary/aromatic N) is 2. The van der Waals surface area contributed by atoms with Crippen molar-refractivity contribution in [3.8, 4) is 17.1 Å². The van der Waals surface area contributed by atoms with Gasteiger partial charge >= 0.3 is 0 Å². The van der Waals surface area contributed by atoms with Crippen LogP contribution in [0.2, 0.25) is 0 Å². The Balaban J connectivity index is 2.18. The summed E-state index contributed by atoms with van der Waals surface area (Å²) in [5, 5.41) is 3.94. The molecule has 0 fully saturated rings. The van der Waals surface area contributed by atoms with Crippen LogP contribution < -0.4 is 10.5 Å². The SMILES string of the molecule is COc1ccc(-c2noc(CC(C)(C)N)n2)cc1. The maximum Gasteiger partial charge on any atom is 0.228 e. The molecule has 0 aliphatic rings. The summed E-state index contributed by atoms with van der Waals surface area (Å²) in [6.07, 6.45) is 0.552. The van der Waals surface area contributed by atoms with E-state index in [0.717, 1.165) is 11.3 Å². The molecule has 0 amide bonds. The third-order valence-electron chi connectivity index (χ3n) is 2.42. The van der Waals surface area contributed by atoms with Crippen LogP contribution in [0.15, 0.2) is 28.8 Å². The Kier molecular flexibility index (Phi) is 3.34. The van der Waals surface area contributed by atoms with Gasteiger partial charge in [-0.2, -0.15) is 4.98 Å². The van der Waals surface area contributed by atoms with Gasteiger partial charge in [-0.1, -0.05) is 5.16 Å². The van der Waals surface area contributed by atoms with Gasteiger partial charge in [-0.3, -0.25) is 0 Å². The molecule has 0 aliphatic carbocycles. The molecule has 0 unspecified atom stereocenters. The van der Waals surface area contributed by atoms with E-state index in [9.17, 15) is 0 Å². The van der Waals surface area contributed by atoms with Gasteiger partial charge in [0.15, 0.2) is 0 Å². The molecule has 96 valence electrons. The van der Waals surface area contributed by atoms with Crippen LogP contribution in [-0.4, -0.2) is 22.8 Å². The van der Waals surface area contributed by atoms with E-state index in [1.54, 1.807) is 7.11 Å². The summed E-state index contributed by atoms with van der Waals surface area (Å²) >= 11 is 0. The highest BCUT2D eigenvalue weighted by Gasteiger charge is 2.17. The first-order valence-electron chi connectivity index (χ1n) is 5.74. The fraction of sp³-hybridized carbons (Fsp3) is 0.385. The maximum absolute atomic E-state index is 5.91. The molecule has 0 saturated heterocycles. The standard InChI is InChI=1S/C13H17N3O2/c1-13(2,14)8-11-15-12(16-18-11)9-4-6-10(17-3)7-5-9/h4-7H,8,14H2,1-3H3. The van der Waals surface area contributed by atoms with Gasteiger partial charge in [0.05, 0.1) is 7.11 Å². The minimum absolute atomic E-state index is 0.357. The molecular weight excluding hydrogens is 230 g/mol. The first-order valence-corrected chi connectivity index (χ1v) is 5.74. The highest BCUT2D eigenvalue weighted by Crippen LogP contribution is 2.20. The zero-order chi connectivity index (χ0) is 13.2. The van der Waals surface area contributed by atoms with Crippen LogP contribution in [-0.2, 0) is 6.42 Å². The number of hydrogen-bond donors (Lipinski definition) is 1. The van der Waals surface area contributed by atoms with Crippen molar-refractivity contribution in [2.75, 3.05) is 7.11 Å².